The van der Waals surface area contributed by atoms with Gasteiger partial charge < -0.3 is 4.74 Å². The first-order chi connectivity index (χ1) is 6.38. The number of rotatable bonds is 2. The molecule has 0 aliphatic carbocycles. The van der Waals surface area contributed by atoms with Gasteiger partial charge in [0.05, 0.1) is 5.41 Å². The first kappa shape index (κ1) is 11.5. The molecule has 1 heterocycles. The summed E-state index contributed by atoms with van der Waals surface area (Å²) in [5, 5.41) is 0. The first-order valence-electron chi connectivity index (χ1n) is 5.61. The molecule has 1 fully saturated rings. The molecule has 0 radical (unpaired) electrons. The summed E-state index contributed by atoms with van der Waals surface area (Å²) in [5.41, 5.74) is -0.500. The zero-order valence-electron chi connectivity index (χ0n) is 10.0. The van der Waals surface area contributed by atoms with Gasteiger partial charge in [0.2, 0.25) is 0 Å². The molecule has 1 aliphatic rings. The third-order valence-electron chi connectivity index (χ3n) is 4.03. The lowest BCUT2D eigenvalue weighted by Gasteiger charge is -2.45. The Morgan fingerprint density at radius 3 is 2.29 bits per heavy atom. The van der Waals surface area contributed by atoms with E-state index in [9.17, 15) is 4.79 Å². The molecule has 2 nitrogen and oxygen atoms in total. The second-order valence-electron chi connectivity index (χ2n) is 5.09. The van der Waals surface area contributed by atoms with Crippen molar-refractivity contribution < 1.29 is 9.53 Å². The van der Waals surface area contributed by atoms with Gasteiger partial charge in [-0.05, 0) is 39.0 Å². The van der Waals surface area contributed by atoms with E-state index in [-0.39, 0.29) is 17.0 Å². The van der Waals surface area contributed by atoms with Gasteiger partial charge in [0.1, 0.15) is 5.60 Å². The highest BCUT2D eigenvalue weighted by molar-refractivity contribution is 5.78. The summed E-state index contributed by atoms with van der Waals surface area (Å²) < 4.78 is 5.54. The van der Waals surface area contributed by atoms with Crippen LogP contribution in [0.25, 0.3) is 0 Å². The number of esters is 1. The summed E-state index contributed by atoms with van der Waals surface area (Å²) in [6.45, 7) is 10.3. The lowest BCUT2D eigenvalue weighted by Crippen LogP contribution is -2.49. The first-order valence-corrected chi connectivity index (χ1v) is 5.61. The molecule has 2 heteroatoms. The van der Waals surface area contributed by atoms with Crippen molar-refractivity contribution in [2.75, 3.05) is 0 Å². The van der Waals surface area contributed by atoms with Gasteiger partial charge in [0, 0.05) is 0 Å². The lowest BCUT2D eigenvalue weighted by atomic mass is 9.69. The molecule has 82 valence electrons. The van der Waals surface area contributed by atoms with Crippen molar-refractivity contribution >= 4 is 5.97 Å². The van der Waals surface area contributed by atoms with Crippen LogP contribution in [0.4, 0.5) is 0 Å². The van der Waals surface area contributed by atoms with Crippen LogP contribution in [0, 0.1) is 11.3 Å². The number of carbonyl (C=O) groups is 1. The van der Waals surface area contributed by atoms with Crippen molar-refractivity contribution in [1.29, 1.82) is 0 Å². The number of hydrogen-bond donors (Lipinski definition) is 0. The third-order valence-corrected chi connectivity index (χ3v) is 4.03. The molecule has 1 atom stereocenters. The van der Waals surface area contributed by atoms with Crippen molar-refractivity contribution in [1.82, 2.24) is 0 Å². The predicted octanol–water partition coefficient (Wildman–Crippen LogP) is 3.15. The van der Waals surface area contributed by atoms with Crippen molar-refractivity contribution in [3.63, 3.8) is 0 Å². The van der Waals surface area contributed by atoms with Crippen LogP contribution < -0.4 is 0 Å². The fourth-order valence-corrected chi connectivity index (χ4v) is 2.19. The van der Waals surface area contributed by atoms with Gasteiger partial charge >= 0.3 is 5.97 Å². The fourth-order valence-electron chi connectivity index (χ4n) is 2.19. The topological polar surface area (TPSA) is 26.3 Å². The fraction of sp³-hybridized carbons (Fsp3) is 0.917. The smallest absolute Gasteiger partial charge is 0.312 e. The van der Waals surface area contributed by atoms with Crippen LogP contribution in [0.2, 0.25) is 0 Å². The quantitative estimate of drug-likeness (QED) is 0.637. The highest BCUT2D eigenvalue weighted by Crippen LogP contribution is 2.45. The predicted molar refractivity (Wildman–Crippen MR) is 57.0 cm³/mol. The molecule has 0 amide bonds. The minimum Gasteiger partial charge on any atom is -0.459 e. The van der Waals surface area contributed by atoms with Crippen LogP contribution in [-0.4, -0.2) is 11.6 Å². The van der Waals surface area contributed by atoms with Gasteiger partial charge in [-0.1, -0.05) is 20.8 Å². The van der Waals surface area contributed by atoms with E-state index in [1.807, 2.05) is 13.8 Å². The van der Waals surface area contributed by atoms with Crippen molar-refractivity contribution in [2.24, 2.45) is 11.3 Å². The minimum atomic E-state index is -0.287. The van der Waals surface area contributed by atoms with Crippen LogP contribution >= 0.6 is 0 Å². The van der Waals surface area contributed by atoms with Crippen molar-refractivity contribution in [3.8, 4) is 0 Å². The van der Waals surface area contributed by atoms with E-state index in [2.05, 4.69) is 20.8 Å². The highest BCUT2D eigenvalue weighted by atomic mass is 16.6. The Kier molecular flexibility index (Phi) is 2.93. The van der Waals surface area contributed by atoms with Crippen LogP contribution in [0.15, 0.2) is 0 Å². The maximum Gasteiger partial charge on any atom is 0.312 e. The van der Waals surface area contributed by atoms with Crippen molar-refractivity contribution in [3.05, 3.63) is 0 Å². The van der Waals surface area contributed by atoms with E-state index in [4.69, 9.17) is 4.74 Å². The molecule has 0 saturated carbocycles. The second kappa shape index (κ2) is 3.56. The van der Waals surface area contributed by atoms with Crippen LogP contribution in [0.3, 0.4) is 0 Å². The van der Waals surface area contributed by atoms with Gasteiger partial charge in [-0.2, -0.15) is 0 Å². The van der Waals surface area contributed by atoms with Gasteiger partial charge in [0.25, 0.3) is 0 Å². The molecule has 1 saturated heterocycles. The van der Waals surface area contributed by atoms with Gasteiger partial charge in [-0.25, -0.2) is 0 Å². The number of ether oxygens (including phenoxy) is 1. The SMILES string of the molecule is CCC1(CC)CC(C)C(C)(C)OC1=O. The van der Waals surface area contributed by atoms with E-state index in [0.29, 0.717) is 5.92 Å². The molecule has 0 spiro atoms. The van der Waals surface area contributed by atoms with E-state index < -0.39 is 0 Å². The minimum absolute atomic E-state index is 0.00519. The molecule has 14 heavy (non-hydrogen) atoms. The number of carbonyl (C=O) groups excluding carboxylic acids is 1. The van der Waals surface area contributed by atoms with E-state index in [1.54, 1.807) is 0 Å². The summed E-state index contributed by atoms with van der Waals surface area (Å²) in [5.74, 6) is 0.450. The molecule has 0 N–H and O–H groups in total. The van der Waals surface area contributed by atoms with Gasteiger partial charge in [-0.15, -0.1) is 0 Å². The zero-order chi connectivity index (χ0) is 11.0. The summed E-state index contributed by atoms with van der Waals surface area (Å²) in [4.78, 5) is 11.9. The average Bonchev–Trinajstić information content (AvgIpc) is 2.11. The maximum atomic E-state index is 11.9. The molecule has 0 aromatic heterocycles. The average molecular weight is 198 g/mol. The summed E-state index contributed by atoms with van der Waals surface area (Å²) >= 11 is 0. The van der Waals surface area contributed by atoms with Crippen molar-refractivity contribution in [2.45, 2.75) is 59.5 Å². The summed E-state index contributed by atoms with van der Waals surface area (Å²) in [6, 6.07) is 0. The maximum absolute atomic E-state index is 11.9. The van der Waals surface area contributed by atoms with Gasteiger partial charge in [-0.3, -0.25) is 4.79 Å². The lowest BCUT2D eigenvalue weighted by molar-refractivity contribution is -0.190. The van der Waals surface area contributed by atoms with Crippen LogP contribution in [0.5, 0.6) is 0 Å². The number of cyclic esters (lactones) is 1. The van der Waals surface area contributed by atoms with Crippen LogP contribution in [-0.2, 0) is 9.53 Å². The molecule has 0 aromatic rings. The van der Waals surface area contributed by atoms with E-state index >= 15 is 0 Å². The number of hydrogen-bond acceptors (Lipinski definition) is 2. The van der Waals surface area contributed by atoms with Crippen LogP contribution in [0.1, 0.15) is 53.9 Å². The largest absolute Gasteiger partial charge is 0.459 e. The normalized spacial score (nSPS) is 29.8. The highest BCUT2D eigenvalue weighted by Gasteiger charge is 2.48. The van der Waals surface area contributed by atoms with E-state index in [0.717, 1.165) is 19.3 Å². The zero-order valence-corrected chi connectivity index (χ0v) is 10.0. The third kappa shape index (κ3) is 1.67. The Morgan fingerprint density at radius 1 is 1.36 bits per heavy atom. The molecule has 0 bridgehead atoms. The molecule has 0 aromatic carbocycles. The molecular weight excluding hydrogens is 176 g/mol. The second-order valence-corrected chi connectivity index (χ2v) is 5.09. The summed E-state index contributed by atoms with van der Waals surface area (Å²) in [6.07, 6.45) is 2.75. The van der Waals surface area contributed by atoms with Gasteiger partial charge in [0.15, 0.2) is 0 Å². The standard InChI is InChI=1S/C12H22O2/c1-6-12(7-2)8-9(3)11(4,5)14-10(12)13/h9H,6-8H2,1-5H3. The molecule has 1 rings (SSSR count). The Bertz CT molecular complexity index is 226. The Balaban J connectivity index is 2.91. The molecular formula is C12H22O2. The molecule has 1 aliphatic heterocycles. The Hall–Kier alpha value is -0.530. The Morgan fingerprint density at radius 2 is 1.86 bits per heavy atom. The Labute approximate surface area is 87.0 Å². The molecule has 1 unspecified atom stereocenters. The monoisotopic (exact) mass is 198 g/mol. The van der Waals surface area contributed by atoms with E-state index in [1.165, 1.54) is 0 Å². The summed E-state index contributed by atoms with van der Waals surface area (Å²) in [7, 11) is 0.